The summed E-state index contributed by atoms with van der Waals surface area (Å²) in [6, 6.07) is 17.0. The molecule has 1 aliphatic rings. The summed E-state index contributed by atoms with van der Waals surface area (Å²) in [7, 11) is 1.66. The molecule has 2 N–H and O–H groups in total. The number of hydrogen-bond acceptors (Lipinski definition) is 6. The van der Waals surface area contributed by atoms with Gasteiger partial charge >= 0.3 is 0 Å². The Morgan fingerprint density at radius 2 is 1.94 bits per heavy atom. The number of nitrogens with zero attached hydrogens (tertiary/aromatic N) is 2. The Balaban J connectivity index is 1.47. The van der Waals surface area contributed by atoms with Crippen molar-refractivity contribution in [2.45, 2.75) is 31.8 Å². The van der Waals surface area contributed by atoms with Gasteiger partial charge in [-0.05, 0) is 41.0 Å². The number of benzene rings is 2. The van der Waals surface area contributed by atoms with Gasteiger partial charge in [0.2, 0.25) is 5.88 Å². The highest BCUT2D eigenvalue weighted by molar-refractivity contribution is 6.31. The van der Waals surface area contributed by atoms with Gasteiger partial charge < -0.3 is 24.6 Å². The highest BCUT2D eigenvalue weighted by Gasteiger charge is 2.27. The van der Waals surface area contributed by atoms with Crippen LogP contribution in [0, 0.1) is 0 Å². The average molecular weight is 455 g/mol. The lowest BCUT2D eigenvalue weighted by atomic mass is 9.98. The number of anilines is 1. The molecule has 0 radical (unpaired) electrons. The molecule has 1 aliphatic heterocycles. The molecule has 0 amide bonds. The van der Waals surface area contributed by atoms with E-state index in [1.54, 1.807) is 25.4 Å². The number of rotatable bonds is 8. The second-order valence-electron chi connectivity index (χ2n) is 7.89. The van der Waals surface area contributed by atoms with Crippen molar-refractivity contribution >= 4 is 17.3 Å². The minimum absolute atomic E-state index is 0.0372. The van der Waals surface area contributed by atoms with E-state index in [0.717, 1.165) is 40.9 Å². The minimum atomic E-state index is -0.771. The van der Waals surface area contributed by atoms with E-state index in [9.17, 15) is 10.2 Å². The molecule has 168 valence electrons. The third-order valence-electron chi connectivity index (χ3n) is 5.68. The Labute approximate surface area is 193 Å². The summed E-state index contributed by atoms with van der Waals surface area (Å²) in [6.07, 6.45) is 1.68. The van der Waals surface area contributed by atoms with Crippen LogP contribution in [-0.2, 0) is 18.0 Å². The van der Waals surface area contributed by atoms with Gasteiger partial charge in [-0.2, -0.15) is 0 Å². The van der Waals surface area contributed by atoms with Crippen LogP contribution in [0.2, 0.25) is 5.02 Å². The van der Waals surface area contributed by atoms with Gasteiger partial charge in [-0.15, -0.1) is 0 Å². The van der Waals surface area contributed by atoms with Crippen molar-refractivity contribution in [1.82, 2.24) is 4.98 Å². The summed E-state index contributed by atoms with van der Waals surface area (Å²) in [5.74, 6) is 0.443. The minimum Gasteiger partial charge on any atom is -0.471 e. The van der Waals surface area contributed by atoms with Gasteiger partial charge in [-0.25, -0.2) is 4.98 Å². The average Bonchev–Trinajstić information content (AvgIpc) is 3.29. The fourth-order valence-electron chi connectivity index (χ4n) is 4.02. The largest absolute Gasteiger partial charge is 0.471 e. The molecule has 4 rings (SSSR count). The van der Waals surface area contributed by atoms with E-state index >= 15 is 0 Å². The van der Waals surface area contributed by atoms with Crippen molar-refractivity contribution in [3.63, 3.8) is 0 Å². The van der Waals surface area contributed by atoms with Crippen molar-refractivity contribution in [2.24, 2.45) is 0 Å². The zero-order valence-electron chi connectivity index (χ0n) is 17.9. The fraction of sp³-hybridized carbons (Fsp3) is 0.320. The third-order valence-corrected chi connectivity index (χ3v) is 5.97. The van der Waals surface area contributed by atoms with E-state index in [4.69, 9.17) is 21.1 Å². The van der Waals surface area contributed by atoms with Crippen LogP contribution in [0.3, 0.4) is 0 Å². The molecule has 0 spiro atoms. The maximum Gasteiger partial charge on any atom is 0.232 e. The molecule has 3 aromatic rings. The third kappa shape index (κ3) is 5.05. The van der Waals surface area contributed by atoms with Gasteiger partial charge in [0.25, 0.3) is 0 Å². The van der Waals surface area contributed by atoms with Crippen LogP contribution in [0.25, 0.3) is 0 Å². The number of pyridine rings is 1. The Morgan fingerprint density at radius 3 is 2.66 bits per heavy atom. The summed E-state index contributed by atoms with van der Waals surface area (Å²) >= 11 is 6.16. The molecule has 2 heterocycles. The zero-order chi connectivity index (χ0) is 22.5. The first-order valence-corrected chi connectivity index (χ1v) is 11.0. The summed E-state index contributed by atoms with van der Waals surface area (Å²) in [5.41, 5.74) is 4.30. The maximum atomic E-state index is 10.9. The predicted molar refractivity (Wildman–Crippen MR) is 124 cm³/mol. The molecule has 6 nitrogen and oxygen atoms in total. The number of aliphatic hydroxyl groups excluding tert-OH is 2. The lowest BCUT2D eigenvalue weighted by molar-refractivity contribution is 0.184. The molecule has 0 saturated carbocycles. The quantitative estimate of drug-likeness (QED) is 0.533. The number of aromatic nitrogens is 1. The molecule has 1 aromatic heterocycles. The SMILES string of the molecule is COCc1ccc(C(O)c2ccc(N3CCC(Oc4ncccc4Cl)C3)c(CO)c2)cc1. The first-order valence-electron chi connectivity index (χ1n) is 10.6. The van der Waals surface area contributed by atoms with Gasteiger partial charge in [-0.3, -0.25) is 0 Å². The maximum absolute atomic E-state index is 10.9. The monoisotopic (exact) mass is 454 g/mol. The molecule has 2 aromatic carbocycles. The van der Waals surface area contributed by atoms with Crippen molar-refractivity contribution in [1.29, 1.82) is 0 Å². The molecular formula is C25H27ClN2O4. The number of halogens is 1. The van der Waals surface area contributed by atoms with E-state index in [-0.39, 0.29) is 12.7 Å². The van der Waals surface area contributed by atoms with Crippen molar-refractivity contribution in [2.75, 3.05) is 25.1 Å². The first kappa shape index (κ1) is 22.6. The van der Waals surface area contributed by atoms with Crippen LogP contribution in [-0.4, -0.2) is 41.5 Å². The van der Waals surface area contributed by atoms with Gasteiger partial charge in [0.1, 0.15) is 17.2 Å². The normalized spacial score (nSPS) is 16.9. The second kappa shape index (κ2) is 10.3. The highest BCUT2D eigenvalue weighted by Crippen LogP contribution is 2.32. The molecule has 2 unspecified atom stereocenters. The molecular weight excluding hydrogens is 428 g/mol. The van der Waals surface area contributed by atoms with E-state index in [2.05, 4.69) is 9.88 Å². The topological polar surface area (TPSA) is 75.1 Å². The lowest BCUT2D eigenvalue weighted by Crippen LogP contribution is -2.25. The Kier molecular flexibility index (Phi) is 7.27. The fourth-order valence-corrected chi connectivity index (χ4v) is 4.19. The molecule has 1 fully saturated rings. The van der Waals surface area contributed by atoms with E-state index in [0.29, 0.717) is 24.1 Å². The van der Waals surface area contributed by atoms with E-state index in [1.165, 1.54) is 0 Å². The zero-order valence-corrected chi connectivity index (χ0v) is 18.7. The molecule has 2 atom stereocenters. The standard InChI is InChI=1S/C25H27ClN2O4/c1-31-16-17-4-6-18(7-5-17)24(30)19-8-9-23(20(13-19)15-29)28-12-10-21(14-28)32-25-22(26)3-2-11-27-25/h2-9,11,13,21,24,29-30H,10,12,14-16H2,1H3. The van der Waals surface area contributed by atoms with Crippen LogP contribution in [0.5, 0.6) is 5.88 Å². The van der Waals surface area contributed by atoms with E-state index in [1.807, 2.05) is 42.5 Å². The molecule has 1 saturated heterocycles. The van der Waals surface area contributed by atoms with Gasteiger partial charge in [0, 0.05) is 37.5 Å². The number of hydrogen-bond donors (Lipinski definition) is 2. The van der Waals surface area contributed by atoms with Crippen LogP contribution >= 0.6 is 11.6 Å². The summed E-state index contributed by atoms with van der Waals surface area (Å²) < 4.78 is 11.1. The van der Waals surface area contributed by atoms with Gasteiger partial charge in [0.15, 0.2) is 0 Å². The Morgan fingerprint density at radius 1 is 1.16 bits per heavy atom. The highest BCUT2D eigenvalue weighted by atomic mass is 35.5. The number of ether oxygens (including phenoxy) is 2. The summed E-state index contributed by atoms with van der Waals surface area (Å²) in [4.78, 5) is 6.38. The molecule has 0 bridgehead atoms. The summed E-state index contributed by atoms with van der Waals surface area (Å²) in [5, 5.41) is 21.4. The smallest absolute Gasteiger partial charge is 0.232 e. The molecule has 0 aliphatic carbocycles. The lowest BCUT2D eigenvalue weighted by Gasteiger charge is -2.23. The van der Waals surface area contributed by atoms with Crippen LogP contribution in [0.15, 0.2) is 60.8 Å². The first-order chi connectivity index (χ1) is 15.6. The number of methoxy groups -OCH3 is 1. The van der Waals surface area contributed by atoms with Crippen molar-refractivity contribution in [3.05, 3.63) is 88.1 Å². The van der Waals surface area contributed by atoms with E-state index < -0.39 is 6.10 Å². The predicted octanol–water partition coefficient (Wildman–Crippen LogP) is 4.11. The van der Waals surface area contributed by atoms with Crippen molar-refractivity contribution in [3.8, 4) is 5.88 Å². The Bertz CT molecular complexity index is 1040. The van der Waals surface area contributed by atoms with Gasteiger partial charge in [-0.1, -0.05) is 41.9 Å². The van der Waals surface area contributed by atoms with Crippen LogP contribution < -0.4 is 9.64 Å². The summed E-state index contributed by atoms with van der Waals surface area (Å²) in [6.45, 7) is 1.89. The molecule has 32 heavy (non-hydrogen) atoms. The van der Waals surface area contributed by atoms with Crippen molar-refractivity contribution < 1.29 is 19.7 Å². The number of aliphatic hydroxyl groups is 2. The van der Waals surface area contributed by atoms with Crippen LogP contribution in [0.4, 0.5) is 5.69 Å². The van der Waals surface area contributed by atoms with Gasteiger partial charge in [0.05, 0.1) is 19.8 Å². The Hall–Kier alpha value is -2.64. The second-order valence-corrected chi connectivity index (χ2v) is 8.30. The molecule has 7 heteroatoms. The van der Waals surface area contributed by atoms with Crippen LogP contribution in [0.1, 0.15) is 34.8 Å².